The van der Waals surface area contributed by atoms with Crippen LogP contribution in [0.4, 0.5) is 10.8 Å². The van der Waals surface area contributed by atoms with Gasteiger partial charge in [-0.05, 0) is 55.5 Å². The van der Waals surface area contributed by atoms with Crippen molar-refractivity contribution in [1.29, 1.82) is 5.26 Å². The summed E-state index contributed by atoms with van der Waals surface area (Å²) < 4.78 is 6.61. The van der Waals surface area contributed by atoms with Crippen molar-refractivity contribution in [3.63, 3.8) is 0 Å². The zero-order valence-corrected chi connectivity index (χ0v) is 17.4. The van der Waals surface area contributed by atoms with Crippen molar-refractivity contribution < 1.29 is 14.3 Å². The summed E-state index contributed by atoms with van der Waals surface area (Å²) in [4.78, 5) is 30.9. The molecule has 7 heteroatoms. The number of anilines is 2. The third kappa shape index (κ3) is 4.29. The Labute approximate surface area is 183 Å². The lowest BCUT2D eigenvalue weighted by Crippen LogP contribution is -2.31. The number of hydrogen-bond donors (Lipinski definition) is 0. The molecular formula is C24H17N3O3S. The minimum atomic E-state index is -0.345. The van der Waals surface area contributed by atoms with Crippen molar-refractivity contribution in [2.24, 2.45) is 0 Å². The van der Waals surface area contributed by atoms with Crippen molar-refractivity contribution in [3.05, 3.63) is 83.9 Å². The fraction of sp³-hybridized carbons (Fsp3) is 0.0833. The molecule has 0 fully saturated rings. The van der Waals surface area contributed by atoms with Crippen LogP contribution in [-0.2, 0) is 4.79 Å². The molecule has 0 spiro atoms. The summed E-state index contributed by atoms with van der Waals surface area (Å²) in [6, 6.07) is 23.2. The van der Waals surface area contributed by atoms with Crippen LogP contribution >= 0.6 is 11.3 Å². The highest BCUT2D eigenvalue weighted by atomic mass is 32.1. The van der Waals surface area contributed by atoms with Crippen molar-refractivity contribution in [3.8, 4) is 11.8 Å². The maximum absolute atomic E-state index is 13.2. The molecule has 1 aromatic heterocycles. The van der Waals surface area contributed by atoms with Gasteiger partial charge in [-0.25, -0.2) is 4.98 Å². The number of benzene rings is 3. The molecule has 4 aromatic rings. The molecule has 1 amide bonds. The van der Waals surface area contributed by atoms with E-state index >= 15 is 0 Å². The van der Waals surface area contributed by atoms with E-state index in [9.17, 15) is 14.9 Å². The molecule has 0 aliphatic rings. The first-order chi connectivity index (χ1) is 15.1. The maximum Gasteiger partial charge on any atom is 0.271 e. The Morgan fingerprint density at radius 2 is 1.74 bits per heavy atom. The van der Waals surface area contributed by atoms with Crippen LogP contribution in [0.1, 0.15) is 22.8 Å². The van der Waals surface area contributed by atoms with E-state index in [-0.39, 0.29) is 18.3 Å². The van der Waals surface area contributed by atoms with E-state index in [1.165, 1.54) is 23.2 Å². The second-order valence-corrected chi connectivity index (χ2v) is 7.70. The molecule has 0 aliphatic heterocycles. The van der Waals surface area contributed by atoms with Gasteiger partial charge < -0.3 is 4.74 Å². The van der Waals surface area contributed by atoms with E-state index in [1.54, 1.807) is 48.5 Å². The smallest absolute Gasteiger partial charge is 0.271 e. The molecule has 6 nitrogen and oxygen atoms in total. The van der Waals surface area contributed by atoms with Gasteiger partial charge in [0.1, 0.15) is 11.8 Å². The quantitative estimate of drug-likeness (QED) is 0.399. The Morgan fingerprint density at radius 3 is 2.45 bits per heavy atom. The van der Waals surface area contributed by atoms with Crippen molar-refractivity contribution in [1.82, 2.24) is 4.98 Å². The third-order valence-electron chi connectivity index (χ3n) is 4.61. The first-order valence-electron chi connectivity index (χ1n) is 9.48. The molecular weight excluding hydrogens is 410 g/mol. The predicted molar refractivity (Wildman–Crippen MR) is 120 cm³/mol. The van der Waals surface area contributed by atoms with Gasteiger partial charge >= 0.3 is 0 Å². The summed E-state index contributed by atoms with van der Waals surface area (Å²) in [5.74, 6) is -0.0576. The van der Waals surface area contributed by atoms with Gasteiger partial charge in [-0.2, -0.15) is 5.26 Å². The van der Waals surface area contributed by atoms with Gasteiger partial charge in [0.2, 0.25) is 0 Å². The molecule has 0 saturated heterocycles. The first-order valence-corrected chi connectivity index (χ1v) is 10.3. The number of Topliss-reactive ketones (excluding diaryl/α,β-unsaturated/α-hetero) is 1. The van der Waals surface area contributed by atoms with E-state index in [0.717, 1.165) is 10.2 Å². The summed E-state index contributed by atoms with van der Waals surface area (Å²) in [5, 5.41) is 9.74. The number of thiazole rings is 1. The second kappa shape index (κ2) is 8.78. The van der Waals surface area contributed by atoms with Gasteiger partial charge in [0, 0.05) is 5.56 Å². The summed E-state index contributed by atoms with van der Waals surface area (Å²) in [7, 11) is 0. The van der Waals surface area contributed by atoms with Gasteiger partial charge in [-0.3, -0.25) is 14.5 Å². The Morgan fingerprint density at radius 1 is 1.03 bits per heavy atom. The molecule has 0 saturated carbocycles. The van der Waals surface area contributed by atoms with Crippen LogP contribution < -0.4 is 9.64 Å². The average Bonchev–Trinajstić information content (AvgIpc) is 3.22. The second-order valence-electron chi connectivity index (χ2n) is 6.69. The van der Waals surface area contributed by atoms with E-state index in [0.29, 0.717) is 27.7 Å². The van der Waals surface area contributed by atoms with Crippen LogP contribution in [0.25, 0.3) is 10.2 Å². The van der Waals surface area contributed by atoms with Gasteiger partial charge in [0.25, 0.3) is 5.91 Å². The molecule has 0 unspecified atom stereocenters. The van der Waals surface area contributed by atoms with Crippen molar-refractivity contribution in [2.75, 3.05) is 11.5 Å². The lowest BCUT2D eigenvalue weighted by molar-refractivity contribution is -0.119. The molecule has 4 rings (SSSR count). The molecule has 0 radical (unpaired) electrons. The summed E-state index contributed by atoms with van der Waals surface area (Å²) >= 11 is 1.39. The van der Waals surface area contributed by atoms with Crippen LogP contribution in [0.2, 0.25) is 0 Å². The van der Waals surface area contributed by atoms with Crippen LogP contribution in [0, 0.1) is 11.3 Å². The van der Waals surface area contributed by atoms with Crippen LogP contribution in [0.3, 0.4) is 0 Å². The average molecular weight is 427 g/mol. The zero-order chi connectivity index (χ0) is 21.8. The highest BCUT2D eigenvalue weighted by Crippen LogP contribution is 2.34. The lowest BCUT2D eigenvalue weighted by atomic mass is 10.1. The zero-order valence-electron chi connectivity index (χ0n) is 16.6. The summed E-state index contributed by atoms with van der Waals surface area (Å²) in [6.07, 6.45) is 0. The van der Waals surface area contributed by atoms with E-state index in [1.807, 2.05) is 24.3 Å². The minimum absolute atomic E-state index is 0.0548. The number of para-hydroxylation sites is 2. The number of nitrogens with zero attached hydrogens (tertiary/aromatic N) is 3. The Kier molecular flexibility index (Phi) is 5.74. The van der Waals surface area contributed by atoms with Gasteiger partial charge in [0.05, 0.1) is 21.5 Å². The molecule has 0 atom stereocenters. The Balaban J connectivity index is 1.68. The van der Waals surface area contributed by atoms with Gasteiger partial charge in [0.15, 0.2) is 17.5 Å². The molecule has 31 heavy (non-hydrogen) atoms. The lowest BCUT2D eigenvalue weighted by Gasteiger charge is -2.20. The highest BCUT2D eigenvalue weighted by Gasteiger charge is 2.23. The normalized spacial score (nSPS) is 10.5. The van der Waals surface area contributed by atoms with Crippen molar-refractivity contribution in [2.45, 2.75) is 6.92 Å². The number of nitriles is 1. The maximum atomic E-state index is 13.2. The molecule has 1 heterocycles. The topological polar surface area (TPSA) is 83.3 Å². The van der Waals surface area contributed by atoms with Crippen molar-refractivity contribution >= 4 is 44.1 Å². The number of hydrogen-bond acceptors (Lipinski definition) is 6. The largest absolute Gasteiger partial charge is 0.482 e. The van der Waals surface area contributed by atoms with E-state index < -0.39 is 0 Å². The SMILES string of the molecule is CC(=O)c1ccc(N(C(=O)COc2ccccc2C#N)c2nc3ccccc3s2)cc1. The van der Waals surface area contributed by atoms with Gasteiger partial charge in [-0.1, -0.05) is 35.6 Å². The summed E-state index contributed by atoms with van der Waals surface area (Å²) in [5.41, 5.74) is 2.27. The van der Waals surface area contributed by atoms with Crippen LogP contribution in [0.15, 0.2) is 72.8 Å². The minimum Gasteiger partial charge on any atom is -0.482 e. The Hall–Kier alpha value is -4.02. The highest BCUT2D eigenvalue weighted by molar-refractivity contribution is 7.22. The number of amides is 1. The molecule has 0 N–H and O–H groups in total. The van der Waals surface area contributed by atoms with Crippen LogP contribution in [0.5, 0.6) is 5.75 Å². The third-order valence-corrected chi connectivity index (χ3v) is 5.64. The van der Waals surface area contributed by atoms with Crippen LogP contribution in [-0.4, -0.2) is 23.3 Å². The standard InChI is InChI=1S/C24H17N3O3S/c1-16(28)17-10-12-19(13-11-17)27(24-26-20-7-3-5-9-22(20)31-24)23(29)15-30-21-8-4-2-6-18(21)14-25/h2-13H,15H2,1H3. The number of ether oxygens (including phenoxy) is 1. The number of rotatable bonds is 6. The predicted octanol–water partition coefficient (Wildman–Crippen LogP) is 5.11. The number of carbonyl (C=O) groups is 2. The number of aromatic nitrogens is 1. The summed E-state index contributed by atoms with van der Waals surface area (Å²) in [6.45, 7) is 1.22. The fourth-order valence-corrected chi connectivity index (χ4v) is 4.05. The fourth-order valence-electron chi connectivity index (χ4n) is 3.05. The molecule has 0 aliphatic carbocycles. The van der Waals surface area contributed by atoms with Gasteiger partial charge in [-0.15, -0.1) is 0 Å². The number of ketones is 1. The van der Waals surface area contributed by atoms with E-state index in [4.69, 9.17) is 4.74 Å². The first kappa shape index (κ1) is 20.3. The number of carbonyl (C=O) groups excluding carboxylic acids is 2. The molecule has 3 aromatic carbocycles. The Bertz CT molecular complexity index is 1270. The van der Waals surface area contributed by atoms with E-state index in [2.05, 4.69) is 11.1 Å². The monoisotopic (exact) mass is 427 g/mol. The molecule has 152 valence electrons. The molecule has 0 bridgehead atoms. The number of fused-ring (bicyclic) bond motifs is 1.